The van der Waals surface area contributed by atoms with Crippen LogP contribution in [0.1, 0.15) is 12.5 Å². The summed E-state index contributed by atoms with van der Waals surface area (Å²) in [5, 5.41) is 0. The molecule has 2 aromatic carbocycles. The van der Waals surface area contributed by atoms with Gasteiger partial charge in [-0.1, -0.05) is 25.1 Å². The van der Waals surface area contributed by atoms with Crippen LogP contribution in [0.3, 0.4) is 0 Å². The summed E-state index contributed by atoms with van der Waals surface area (Å²) in [7, 11) is 0. The molecule has 0 saturated heterocycles. The smallest absolute Gasteiger partial charge is 0.172 e. The van der Waals surface area contributed by atoms with Gasteiger partial charge in [-0.3, -0.25) is 0 Å². The van der Waals surface area contributed by atoms with Crippen molar-refractivity contribution in [2.75, 3.05) is 10.5 Å². The zero-order valence-electron chi connectivity index (χ0n) is 10.4. The lowest BCUT2D eigenvalue weighted by molar-refractivity contribution is 0.595. The van der Waals surface area contributed by atoms with Gasteiger partial charge in [0.2, 0.25) is 0 Å². The van der Waals surface area contributed by atoms with Gasteiger partial charge in [0.25, 0.3) is 0 Å². The Kier molecular flexibility index (Phi) is 4.27. The minimum Gasteiger partial charge on any atom is -0.394 e. The summed E-state index contributed by atoms with van der Waals surface area (Å²) < 4.78 is 29.6. The predicted octanol–water partition coefficient (Wildman–Crippen LogP) is 4.23. The number of nitrogens with one attached hydrogen (secondary N) is 1. The lowest BCUT2D eigenvalue weighted by atomic mass is 10.2. The summed E-state index contributed by atoms with van der Waals surface area (Å²) in [6.45, 7) is 2.05. The number of halogens is 2. The summed E-state index contributed by atoms with van der Waals surface area (Å²) in [6.07, 6.45) is 0.888. The Labute approximate surface area is 115 Å². The average Bonchev–Trinajstić information content (AvgIpc) is 2.44. The molecule has 0 saturated carbocycles. The van der Waals surface area contributed by atoms with Crippen LogP contribution in [-0.4, -0.2) is 0 Å². The van der Waals surface area contributed by atoms with Gasteiger partial charge < -0.3 is 10.5 Å². The van der Waals surface area contributed by atoms with E-state index < -0.39 is 17.3 Å². The van der Waals surface area contributed by atoms with E-state index >= 15 is 0 Å². The fourth-order valence-electron chi connectivity index (χ4n) is 1.65. The molecule has 0 unspecified atom stereocenters. The second-order valence-corrected chi connectivity index (χ2v) is 4.84. The Balaban J connectivity index is 2.17. The predicted molar refractivity (Wildman–Crippen MR) is 76.1 cm³/mol. The lowest BCUT2D eigenvalue weighted by Crippen LogP contribution is -2.00. The van der Waals surface area contributed by atoms with Gasteiger partial charge in [-0.05, 0) is 42.1 Å². The van der Waals surface area contributed by atoms with Gasteiger partial charge in [0.1, 0.15) is 11.5 Å². The molecule has 0 spiro atoms. The van der Waals surface area contributed by atoms with E-state index in [0.29, 0.717) is 0 Å². The SMILES string of the molecule is CCc1ccccc1SNc1ccc(F)c(N)c1F. The summed E-state index contributed by atoms with van der Waals surface area (Å²) in [4.78, 5) is 1.01. The maximum absolute atomic E-state index is 13.7. The third-order valence-corrected chi connectivity index (χ3v) is 3.69. The largest absolute Gasteiger partial charge is 0.394 e. The third kappa shape index (κ3) is 2.98. The van der Waals surface area contributed by atoms with Crippen molar-refractivity contribution in [3.05, 3.63) is 53.6 Å². The third-order valence-electron chi connectivity index (χ3n) is 2.75. The molecule has 2 rings (SSSR count). The second kappa shape index (κ2) is 5.93. The number of anilines is 2. The molecular formula is C14H14F2N2S. The van der Waals surface area contributed by atoms with Gasteiger partial charge in [0, 0.05) is 4.90 Å². The fourth-order valence-corrected chi connectivity index (χ4v) is 2.52. The first-order valence-electron chi connectivity index (χ1n) is 5.87. The molecule has 3 N–H and O–H groups in total. The lowest BCUT2D eigenvalue weighted by Gasteiger charge is -2.10. The maximum Gasteiger partial charge on any atom is 0.172 e. The number of rotatable bonds is 4. The molecule has 0 amide bonds. The highest BCUT2D eigenvalue weighted by Crippen LogP contribution is 2.29. The molecule has 0 atom stereocenters. The molecule has 100 valence electrons. The van der Waals surface area contributed by atoms with Crippen LogP contribution in [0.2, 0.25) is 0 Å². The molecule has 0 fully saturated rings. The van der Waals surface area contributed by atoms with Crippen LogP contribution in [0.4, 0.5) is 20.2 Å². The van der Waals surface area contributed by atoms with Gasteiger partial charge in [-0.15, -0.1) is 0 Å². The van der Waals surface area contributed by atoms with E-state index in [2.05, 4.69) is 11.6 Å². The van der Waals surface area contributed by atoms with Crippen LogP contribution in [0.25, 0.3) is 0 Å². The van der Waals surface area contributed by atoms with E-state index in [1.807, 2.05) is 24.3 Å². The maximum atomic E-state index is 13.7. The Morgan fingerprint density at radius 1 is 1.16 bits per heavy atom. The van der Waals surface area contributed by atoms with E-state index in [1.54, 1.807) is 0 Å². The molecule has 0 heterocycles. The van der Waals surface area contributed by atoms with Crippen LogP contribution in [0, 0.1) is 11.6 Å². The van der Waals surface area contributed by atoms with Crippen molar-refractivity contribution in [2.24, 2.45) is 0 Å². The molecule has 19 heavy (non-hydrogen) atoms. The molecule has 0 aliphatic carbocycles. The van der Waals surface area contributed by atoms with Crippen molar-refractivity contribution in [3.63, 3.8) is 0 Å². The number of hydrogen-bond acceptors (Lipinski definition) is 3. The van der Waals surface area contributed by atoms with Crippen molar-refractivity contribution >= 4 is 23.3 Å². The Bertz CT molecular complexity index is 588. The summed E-state index contributed by atoms with van der Waals surface area (Å²) in [6, 6.07) is 10.3. The standard InChI is InChI=1S/C14H14F2N2S/c1-2-9-5-3-4-6-12(9)19-18-11-8-7-10(15)14(17)13(11)16/h3-8,18H,2,17H2,1H3. The molecular weight excluding hydrogens is 266 g/mol. The van der Waals surface area contributed by atoms with Crippen LogP contribution < -0.4 is 10.5 Å². The Morgan fingerprint density at radius 2 is 1.89 bits per heavy atom. The topological polar surface area (TPSA) is 38.0 Å². The van der Waals surface area contributed by atoms with Gasteiger partial charge in [0.15, 0.2) is 5.82 Å². The van der Waals surface area contributed by atoms with Crippen LogP contribution >= 0.6 is 11.9 Å². The molecule has 5 heteroatoms. The normalized spacial score (nSPS) is 10.5. The summed E-state index contributed by atoms with van der Waals surface area (Å²) in [5.74, 6) is -1.51. The molecule has 0 aliphatic rings. The van der Waals surface area contributed by atoms with E-state index in [4.69, 9.17) is 5.73 Å². The fraction of sp³-hybridized carbons (Fsp3) is 0.143. The van der Waals surface area contributed by atoms with Gasteiger partial charge in [-0.25, -0.2) is 8.78 Å². The van der Waals surface area contributed by atoms with Gasteiger partial charge in [0.05, 0.1) is 5.69 Å². The van der Waals surface area contributed by atoms with Crippen LogP contribution in [-0.2, 0) is 6.42 Å². The molecule has 0 bridgehead atoms. The molecule has 0 aromatic heterocycles. The van der Waals surface area contributed by atoms with Crippen molar-refractivity contribution in [1.29, 1.82) is 0 Å². The first-order chi connectivity index (χ1) is 9.13. The number of nitrogen functional groups attached to an aromatic ring is 1. The highest BCUT2D eigenvalue weighted by molar-refractivity contribution is 8.00. The van der Waals surface area contributed by atoms with Gasteiger partial charge >= 0.3 is 0 Å². The minimum absolute atomic E-state index is 0.176. The molecule has 0 aliphatic heterocycles. The van der Waals surface area contributed by atoms with E-state index in [1.165, 1.54) is 18.0 Å². The average molecular weight is 280 g/mol. The highest BCUT2D eigenvalue weighted by atomic mass is 32.2. The van der Waals surface area contributed by atoms with E-state index in [9.17, 15) is 8.78 Å². The Morgan fingerprint density at radius 3 is 2.63 bits per heavy atom. The highest BCUT2D eigenvalue weighted by Gasteiger charge is 2.11. The summed E-state index contributed by atoms with van der Waals surface area (Å²) >= 11 is 1.29. The zero-order chi connectivity index (χ0) is 13.8. The molecule has 2 aromatic rings. The Hall–Kier alpha value is -1.75. The quantitative estimate of drug-likeness (QED) is 0.650. The minimum atomic E-state index is -0.763. The van der Waals surface area contributed by atoms with Crippen molar-refractivity contribution in [1.82, 2.24) is 0 Å². The van der Waals surface area contributed by atoms with Gasteiger partial charge in [-0.2, -0.15) is 0 Å². The van der Waals surface area contributed by atoms with Crippen LogP contribution in [0.15, 0.2) is 41.3 Å². The van der Waals surface area contributed by atoms with Crippen LogP contribution in [0.5, 0.6) is 0 Å². The number of nitrogens with two attached hydrogens (primary N) is 1. The zero-order valence-corrected chi connectivity index (χ0v) is 11.2. The van der Waals surface area contributed by atoms with Crippen molar-refractivity contribution in [2.45, 2.75) is 18.2 Å². The molecule has 0 radical (unpaired) electrons. The molecule has 2 nitrogen and oxygen atoms in total. The number of aryl methyl sites for hydroxylation is 1. The second-order valence-electron chi connectivity index (χ2n) is 3.99. The van der Waals surface area contributed by atoms with E-state index in [-0.39, 0.29) is 5.69 Å². The first-order valence-corrected chi connectivity index (χ1v) is 6.69. The monoisotopic (exact) mass is 280 g/mol. The first kappa shape index (κ1) is 13.7. The number of benzene rings is 2. The van der Waals surface area contributed by atoms with Crippen molar-refractivity contribution in [3.8, 4) is 0 Å². The summed E-state index contributed by atoms with van der Waals surface area (Å²) in [5.41, 5.74) is 6.18. The van der Waals surface area contributed by atoms with E-state index in [0.717, 1.165) is 22.9 Å². The van der Waals surface area contributed by atoms with Crippen molar-refractivity contribution < 1.29 is 8.78 Å². The number of hydrogen-bond donors (Lipinski definition) is 2.